The number of aromatic nitrogens is 1. The first-order valence-electron chi connectivity index (χ1n) is 5.73. The van der Waals surface area contributed by atoms with Gasteiger partial charge in [0.2, 0.25) is 5.95 Å². The van der Waals surface area contributed by atoms with Gasteiger partial charge >= 0.3 is 0 Å². The highest BCUT2D eigenvalue weighted by atomic mass is 127. The van der Waals surface area contributed by atoms with Crippen LogP contribution in [0.4, 0.5) is 4.39 Å². The second-order valence-electron chi connectivity index (χ2n) is 4.25. The summed E-state index contributed by atoms with van der Waals surface area (Å²) in [6.45, 7) is 0. The van der Waals surface area contributed by atoms with E-state index in [2.05, 4.69) is 32.9 Å². The summed E-state index contributed by atoms with van der Waals surface area (Å²) in [6.07, 6.45) is 5.83. The molecule has 0 aromatic carbocycles. The van der Waals surface area contributed by atoms with Crippen molar-refractivity contribution < 1.29 is 9.18 Å². The van der Waals surface area contributed by atoms with Crippen molar-refractivity contribution in [3.8, 4) is 0 Å². The van der Waals surface area contributed by atoms with Gasteiger partial charge in [-0.15, -0.1) is 0 Å². The van der Waals surface area contributed by atoms with Crippen molar-refractivity contribution in [1.29, 1.82) is 0 Å². The smallest absolute Gasteiger partial charge is 0.251 e. The summed E-state index contributed by atoms with van der Waals surface area (Å²) in [7, 11) is 0. The largest absolute Gasteiger partial charge is 0.348 e. The third-order valence-electron chi connectivity index (χ3n) is 2.99. The van der Waals surface area contributed by atoms with Crippen LogP contribution in [0.1, 0.15) is 36.0 Å². The molecule has 1 heterocycles. The molecule has 0 aliphatic heterocycles. The molecule has 0 saturated heterocycles. The van der Waals surface area contributed by atoms with Gasteiger partial charge in [-0.2, -0.15) is 4.39 Å². The SMILES string of the molecule is O=C(NC1CCCCC1I)c1ccnc(F)c1. The summed E-state index contributed by atoms with van der Waals surface area (Å²) >= 11 is 2.38. The van der Waals surface area contributed by atoms with E-state index in [1.807, 2.05) is 0 Å². The van der Waals surface area contributed by atoms with Crippen molar-refractivity contribution in [2.45, 2.75) is 35.6 Å². The highest BCUT2D eigenvalue weighted by Crippen LogP contribution is 2.25. The van der Waals surface area contributed by atoms with E-state index in [1.54, 1.807) is 0 Å². The fourth-order valence-electron chi connectivity index (χ4n) is 2.04. The molecule has 0 spiro atoms. The van der Waals surface area contributed by atoms with Crippen LogP contribution in [-0.2, 0) is 0 Å². The predicted octanol–water partition coefficient (Wildman–Crippen LogP) is 2.70. The fraction of sp³-hybridized carbons (Fsp3) is 0.500. The van der Waals surface area contributed by atoms with Gasteiger partial charge < -0.3 is 5.32 Å². The number of rotatable bonds is 2. The molecule has 92 valence electrons. The maximum atomic E-state index is 12.9. The van der Waals surface area contributed by atoms with E-state index in [-0.39, 0.29) is 11.9 Å². The molecular weight excluding hydrogens is 334 g/mol. The first kappa shape index (κ1) is 12.7. The van der Waals surface area contributed by atoms with E-state index in [4.69, 9.17) is 0 Å². The lowest BCUT2D eigenvalue weighted by atomic mass is 9.95. The second-order valence-corrected chi connectivity index (χ2v) is 5.85. The van der Waals surface area contributed by atoms with Gasteiger partial charge in [0.25, 0.3) is 5.91 Å². The Morgan fingerprint density at radius 1 is 1.47 bits per heavy atom. The Hall–Kier alpha value is -0.720. The summed E-state index contributed by atoms with van der Waals surface area (Å²) in [4.78, 5) is 15.3. The number of carbonyl (C=O) groups is 1. The van der Waals surface area contributed by atoms with Crippen molar-refractivity contribution in [1.82, 2.24) is 10.3 Å². The van der Waals surface area contributed by atoms with Crippen molar-refractivity contribution in [2.24, 2.45) is 0 Å². The lowest BCUT2D eigenvalue weighted by molar-refractivity contribution is 0.0930. The van der Waals surface area contributed by atoms with Crippen LogP contribution >= 0.6 is 22.6 Å². The molecule has 17 heavy (non-hydrogen) atoms. The van der Waals surface area contributed by atoms with Crippen LogP contribution in [0.15, 0.2) is 18.3 Å². The normalized spacial score (nSPS) is 24.4. The summed E-state index contributed by atoms with van der Waals surface area (Å²) in [5.41, 5.74) is 0.340. The molecule has 2 unspecified atom stereocenters. The Labute approximate surface area is 113 Å². The molecule has 1 aromatic heterocycles. The second kappa shape index (κ2) is 5.75. The molecule has 0 bridgehead atoms. The zero-order valence-corrected chi connectivity index (χ0v) is 11.5. The molecule has 2 rings (SSSR count). The molecule has 5 heteroatoms. The Balaban J connectivity index is 2.01. The minimum Gasteiger partial charge on any atom is -0.348 e. The maximum absolute atomic E-state index is 12.9. The standard InChI is InChI=1S/C12H14FIN2O/c13-11-7-8(5-6-15-11)12(17)16-10-4-2-1-3-9(10)14/h5-7,9-10H,1-4H2,(H,16,17). The van der Waals surface area contributed by atoms with Crippen LogP contribution in [-0.4, -0.2) is 20.9 Å². The van der Waals surface area contributed by atoms with E-state index < -0.39 is 5.95 Å². The van der Waals surface area contributed by atoms with Crippen molar-refractivity contribution >= 4 is 28.5 Å². The van der Waals surface area contributed by atoms with E-state index in [9.17, 15) is 9.18 Å². The average Bonchev–Trinajstić information content (AvgIpc) is 2.32. The molecule has 1 amide bonds. The van der Waals surface area contributed by atoms with Crippen molar-refractivity contribution in [3.05, 3.63) is 29.8 Å². The lowest BCUT2D eigenvalue weighted by Crippen LogP contribution is -2.42. The first-order chi connectivity index (χ1) is 8.16. The summed E-state index contributed by atoms with van der Waals surface area (Å²) in [5.74, 6) is -0.827. The minimum atomic E-state index is -0.618. The van der Waals surface area contributed by atoms with E-state index >= 15 is 0 Å². The molecule has 1 aliphatic carbocycles. The monoisotopic (exact) mass is 348 g/mol. The lowest BCUT2D eigenvalue weighted by Gasteiger charge is -2.28. The van der Waals surface area contributed by atoms with E-state index in [0.29, 0.717) is 9.49 Å². The number of nitrogens with zero attached hydrogens (tertiary/aromatic N) is 1. The zero-order chi connectivity index (χ0) is 12.3. The number of hydrogen-bond acceptors (Lipinski definition) is 2. The van der Waals surface area contributed by atoms with Crippen LogP contribution in [0.2, 0.25) is 0 Å². The molecule has 1 aromatic rings. The molecular formula is C12H14FIN2O. The minimum absolute atomic E-state index is 0.202. The summed E-state index contributed by atoms with van der Waals surface area (Å²) in [5, 5.41) is 2.97. The molecule has 1 saturated carbocycles. The molecule has 1 fully saturated rings. The number of amides is 1. The Morgan fingerprint density at radius 2 is 2.24 bits per heavy atom. The van der Waals surface area contributed by atoms with Crippen LogP contribution in [0.3, 0.4) is 0 Å². The number of halogens is 2. The average molecular weight is 348 g/mol. The Kier molecular flexibility index (Phi) is 4.31. The highest BCUT2D eigenvalue weighted by Gasteiger charge is 2.24. The highest BCUT2D eigenvalue weighted by molar-refractivity contribution is 14.1. The first-order valence-corrected chi connectivity index (χ1v) is 6.98. The fourth-order valence-corrected chi connectivity index (χ4v) is 3.02. The number of carbonyl (C=O) groups excluding carboxylic acids is 1. The Morgan fingerprint density at radius 3 is 2.94 bits per heavy atom. The van der Waals surface area contributed by atoms with Crippen molar-refractivity contribution in [3.63, 3.8) is 0 Å². The predicted molar refractivity (Wildman–Crippen MR) is 71.7 cm³/mol. The Bertz CT molecular complexity index is 413. The van der Waals surface area contributed by atoms with Crippen LogP contribution in [0.5, 0.6) is 0 Å². The summed E-state index contributed by atoms with van der Waals surface area (Å²) in [6, 6.07) is 2.90. The molecule has 2 atom stereocenters. The van der Waals surface area contributed by atoms with Gasteiger partial charge in [0.05, 0.1) is 0 Å². The third kappa shape index (κ3) is 3.37. The van der Waals surface area contributed by atoms with E-state index in [0.717, 1.165) is 19.3 Å². The van der Waals surface area contributed by atoms with Gasteiger partial charge in [0.15, 0.2) is 0 Å². The van der Waals surface area contributed by atoms with Gasteiger partial charge in [-0.05, 0) is 18.9 Å². The van der Waals surface area contributed by atoms with Crippen molar-refractivity contribution in [2.75, 3.05) is 0 Å². The van der Waals surface area contributed by atoms with Gasteiger partial charge in [-0.25, -0.2) is 4.98 Å². The topological polar surface area (TPSA) is 42.0 Å². The number of nitrogens with one attached hydrogen (secondary N) is 1. The van der Waals surface area contributed by atoms with Gasteiger partial charge in [0.1, 0.15) is 0 Å². The van der Waals surface area contributed by atoms with E-state index in [1.165, 1.54) is 24.8 Å². The zero-order valence-electron chi connectivity index (χ0n) is 9.33. The van der Waals surface area contributed by atoms with Gasteiger partial charge in [0, 0.05) is 27.8 Å². The molecule has 3 nitrogen and oxygen atoms in total. The third-order valence-corrected chi connectivity index (χ3v) is 4.48. The molecule has 1 N–H and O–H groups in total. The van der Waals surface area contributed by atoms with Gasteiger partial charge in [-0.1, -0.05) is 35.4 Å². The maximum Gasteiger partial charge on any atom is 0.251 e. The molecule has 0 radical (unpaired) electrons. The number of hydrogen-bond donors (Lipinski definition) is 1. The molecule has 1 aliphatic rings. The van der Waals surface area contributed by atoms with Crippen LogP contribution < -0.4 is 5.32 Å². The number of alkyl halides is 1. The summed E-state index contributed by atoms with van der Waals surface area (Å²) < 4.78 is 13.4. The number of pyridine rings is 1. The van der Waals surface area contributed by atoms with Crippen LogP contribution in [0, 0.1) is 5.95 Å². The van der Waals surface area contributed by atoms with Crippen LogP contribution in [0.25, 0.3) is 0 Å². The quantitative estimate of drug-likeness (QED) is 0.507. The van der Waals surface area contributed by atoms with Gasteiger partial charge in [-0.3, -0.25) is 4.79 Å².